The van der Waals surface area contributed by atoms with Crippen LogP contribution in [0.1, 0.15) is 60.8 Å². The molecule has 41 heavy (non-hydrogen) atoms. The van der Waals surface area contributed by atoms with Gasteiger partial charge in [0.2, 0.25) is 0 Å². The van der Waals surface area contributed by atoms with E-state index in [0.717, 1.165) is 62.9 Å². The summed E-state index contributed by atoms with van der Waals surface area (Å²) in [6.45, 7) is 1.97. The van der Waals surface area contributed by atoms with E-state index in [4.69, 9.17) is 18.9 Å². The maximum atomic E-state index is 12.6. The van der Waals surface area contributed by atoms with E-state index in [1.54, 1.807) is 0 Å². The SMILES string of the molecule is O=S(=O)(CC#Cc1ccccc1C#CCOC1CCCCO1)CC#Cc1ccccc1C#CCOC1CCCCO1. The molecule has 7 heteroatoms. The predicted molar refractivity (Wildman–Crippen MR) is 158 cm³/mol. The van der Waals surface area contributed by atoms with Crippen molar-refractivity contribution in [1.29, 1.82) is 0 Å². The third-order valence-corrected chi connectivity index (χ3v) is 7.46. The molecule has 2 atom stereocenters. The van der Waals surface area contributed by atoms with Crippen LogP contribution in [0, 0.1) is 47.4 Å². The van der Waals surface area contributed by atoms with Gasteiger partial charge in [0.05, 0.1) is 0 Å². The lowest BCUT2D eigenvalue weighted by Gasteiger charge is -2.21. The third-order valence-electron chi connectivity index (χ3n) is 6.29. The molecule has 2 heterocycles. The van der Waals surface area contributed by atoms with Crippen molar-refractivity contribution >= 4 is 9.84 Å². The van der Waals surface area contributed by atoms with Crippen LogP contribution in [0.15, 0.2) is 48.5 Å². The molecule has 0 amide bonds. The summed E-state index contributed by atoms with van der Waals surface area (Å²) >= 11 is 0. The molecule has 0 N–H and O–H groups in total. The first-order valence-corrected chi connectivity index (χ1v) is 15.7. The summed E-state index contributed by atoms with van der Waals surface area (Å²) in [6, 6.07) is 14.8. The van der Waals surface area contributed by atoms with Gasteiger partial charge in [-0.1, -0.05) is 71.6 Å². The summed E-state index contributed by atoms with van der Waals surface area (Å²) in [5.74, 6) is 23.0. The number of benzene rings is 2. The van der Waals surface area contributed by atoms with Crippen LogP contribution < -0.4 is 0 Å². The van der Waals surface area contributed by atoms with Crippen molar-refractivity contribution in [3.63, 3.8) is 0 Å². The predicted octanol–water partition coefficient (Wildman–Crippen LogP) is 4.29. The molecule has 2 unspecified atom stereocenters. The number of hydrogen-bond acceptors (Lipinski definition) is 6. The van der Waals surface area contributed by atoms with Crippen molar-refractivity contribution < 1.29 is 27.4 Å². The average Bonchev–Trinajstić information content (AvgIpc) is 3.00. The molecule has 2 fully saturated rings. The summed E-state index contributed by atoms with van der Waals surface area (Å²) in [5, 5.41) is 0. The molecule has 4 rings (SSSR count). The van der Waals surface area contributed by atoms with Gasteiger partial charge in [0.1, 0.15) is 24.7 Å². The molecule has 2 aliphatic heterocycles. The lowest BCUT2D eigenvalue weighted by molar-refractivity contribution is -0.154. The zero-order valence-corrected chi connectivity index (χ0v) is 23.9. The Kier molecular flexibility index (Phi) is 12.4. The van der Waals surface area contributed by atoms with Crippen LogP contribution in [0.5, 0.6) is 0 Å². The minimum absolute atomic E-state index is 0.191. The third kappa shape index (κ3) is 11.1. The Morgan fingerprint density at radius 2 is 1.00 bits per heavy atom. The minimum Gasteiger partial charge on any atom is -0.353 e. The normalized spacial score (nSPS) is 18.2. The van der Waals surface area contributed by atoms with Gasteiger partial charge in [-0.2, -0.15) is 0 Å². The first-order valence-electron chi connectivity index (χ1n) is 13.9. The molecule has 2 saturated heterocycles. The maximum Gasteiger partial charge on any atom is 0.172 e. The van der Waals surface area contributed by atoms with Crippen molar-refractivity contribution in [2.24, 2.45) is 0 Å². The molecule has 0 aromatic heterocycles. The van der Waals surface area contributed by atoms with Crippen LogP contribution in [0.4, 0.5) is 0 Å². The molecular formula is C34H34O6S. The second-order valence-electron chi connectivity index (χ2n) is 9.54. The van der Waals surface area contributed by atoms with Crippen molar-refractivity contribution in [3.8, 4) is 47.4 Å². The van der Waals surface area contributed by atoms with Crippen LogP contribution in [0.3, 0.4) is 0 Å². The smallest absolute Gasteiger partial charge is 0.172 e. The lowest BCUT2D eigenvalue weighted by atomic mass is 10.1. The van der Waals surface area contributed by atoms with E-state index < -0.39 is 9.84 Å². The summed E-state index contributed by atoms with van der Waals surface area (Å²) in [7, 11) is -3.50. The van der Waals surface area contributed by atoms with E-state index in [1.165, 1.54) is 0 Å². The van der Waals surface area contributed by atoms with Gasteiger partial charge >= 0.3 is 0 Å². The van der Waals surface area contributed by atoms with E-state index >= 15 is 0 Å². The second kappa shape index (κ2) is 16.7. The fraction of sp³-hybridized carbons (Fsp3) is 0.412. The average molecular weight is 571 g/mol. The fourth-order valence-electron chi connectivity index (χ4n) is 4.15. The quantitative estimate of drug-likeness (QED) is 0.483. The van der Waals surface area contributed by atoms with E-state index in [-0.39, 0.29) is 37.3 Å². The van der Waals surface area contributed by atoms with Crippen molar-refractivity contribution in [2.45, 2.75) is 51.1 Å². The van der Waals surface area contributed by atoms with Crippen molar-refractivity contribution in [3.05, 3.63) is 70.8 Å². The monoisotopic (exact) mass is 570 g/mol. The second-order valence-corrected chi connectivity index (χ2v) is 11.6. The largest absolute Gasteiger partial charge is 0.353 e. The zero-order valence-electron chi connectivity index (χ0n) is 23.1. The van der Waals surface area contributed by atoms with Gasteiger partial charge in [0, 0.05) is 35.5 Å². The highest BCUT2D eigenvalue weighted by atomic mass is 32.2. The number of sulfone groups is 1. The highest BCUT2D eigenvalue weighted by Gasteiger charge is 2.14. The zero-order chi connectivity index (χ0) is 28.6. The van der Waals surface area contributed by atoms with Crippen LogP contribution in [-0.4, -0.2) is 58.9 Å². The lowest BCUT2D eigenvalue weighted by Crippen LogP contribution is -2.22. The van der Waals surface area contributed by atoms with E-state index in [2.05, 4.69) is 47.4 Å². The maximum absolute atomic E-state index is 12.6. The van der Waals surface area contributed by atoms with Gasteiger partial charge in [-0.3, -0.25) is 0 Å². The van der Waals surface area contributed by atoms with Gasteiger partial charge < -0.3 is 18.9 Å². The van der Waals surface area contributed by atoms with Gasteiger partial charge in [-0.15, -0.1) is 0 Å². The Morgan fingerprint density at radius 1 is 0.610 bits per heavy atom. The molecule has 0 spiro atoms. The first kappa shape index (κ1) is 30.4. The Morgan fingerprint density at radius 3 is 1.37 bits per heavy atom. The summed E-state index contributed by atoms with van der Waals surface area (Å²) in [4.78, 5) is 0. The number of rotatable bonds is 6. The Hall–Kier alpha value is -3.53. The highest BCUT2D eigenvalue weighted by Crippen LogP contribution is 2.14. The van der Waals surface area contributed by atoms with Gasteiger partial charge in [-0.05, 0) is 62.8 Å². The number of hydrogen-bond donors (Lipinski definition) is 0. The Balaban J connectivity index is 1.29. The molecule has 2 aliphatic rings. The van der Waals surface area contributed by atoms with E-state index in [0.29, 0.717) is 11.1 Å². The molecule has 2 aromatic rings. The fourth-order valence-corrected chi connectivity index (χ4v) is 4.84. The summed E-state index contributed by atoms with van der Waals surface area (Å²) in [6.07, 6.45) is 5.71. The van der Waals surface area contributed by atoms with E-state index in [1.807, 2.05) is 48.5 Å². The molecular weight excluding hydrogens is 536 g/mol. The minimum atomic E-state index is -3.50. The van der Waals surface area contributed by atoms with Crippen LogP contribution >= 0.6 is 0 Å². The molecule has 0 radical (unpaired) electrons. The highest BCUT2D eigenvalue weighted by molar-refractivity contribution is 7.91. The number of ether oxygens (including phenoxy) is 4. The van der Waals surface area contributed by atoms with Crippen molar-refractivity contribution in [2.75, 3.05) is 37.9 Å². The summed E-state index contributed by atoms with van der Waals surface area (Å²) < 4.78 is 47.6. The molecule has 2 aromatic carbocycles. The molecule has 0 saturated carbocycles. The van der Waals surface area contributed by atoms with Gasteiger partial charge in [-0.25, -0.2) is 8.42 Å². The molecule has 0 bridgehead atoms. The van der Waals surface area contributed by atoms with E-state index in [9.17, 15) is 8.42 Å². The molecule has 6 nitrogen and oxygen atoms in total. The van der Waals surface area contributed by atoms with Gasteiger partial charge in [0.25, 0.3) is 0 Å². The van der Waals surface area contributed by atoms with Crippen LogP contribution in [-0.2, 0) is 28.8 Å². The molecule has 0 aliphatic carbocycles. The van der Waals surface area contributed by atoms with Crippen LogP contribution in [0.25, 0.3) is 0 Å². The van der Waals surface area contributed by atoms with Gasteiger partial charge in [0.15, 0.2) is 22.4 Å². The van der Waals surface area contributed by atoms with Crippen LogP contribution in [0.2, 0.25) is 0 Å². The standard InChI is InChI=1S/C34H34O6S/c35-41(36,27-11-19-31-15-3-1-13-29(31)17-9-25-39-33-21-5-7-23-37-33)28-12-20-32-16-4-2-14-30(32)18-10-26-40-34-22-6-8-24-38-34/h1-4,13-16,33-34H,5-8,21-28H2. The topological polar surface area (TPSA) is 71.1 Å². The first-order chi connectivity index (χ1) is 20.1. The summed E-state index contributed by atoms with van der Waals surface area (Å²) in [5.41, 5.74) is 2.78. The Labute approximate surface area is 244 Å². The van der Waals surface area contributed by atoms with Crippen molar-refractivity contribution in [1.82, 2.24) is 0 Å². The Bertz CT molecular complexity index is 1390. The molecule has 212 valence electrons.